The van der Waals surface area contributed by atoms with Gasteiger partial charge >= 0.3 is 0 Å². The molecule has 0 spiro atoms. The van der Waals surface area contributed by atoms with E-state index >= 15 is 0 Å². The van der Waals surface area contributed by atoms with E-state index in [1.54, 1.807) is 54.7 Å². The number of aromatic nitrogens is 1. The number of benzene rings is 2. The Hall–Kier alpha value is -3.19. The number of carbonyl (C=O) groups excluding carboxylic acids is 2. The van der Waals surface area contributed by atoms with Crippen molar-refractivity contribution < 1.29 is 14.3 Å². The average molecular weight is 426 g/mol. The van der Waals surface area contributed by atoms with Crippen LogP contribution in [-0.4, -0.2) is 16.8 Å². The minimum absolute atomic E-state index is 0.155. The van der Waals surface area contributed by atoms with Gasteiger partial charge in [-0.3, -0.25) is 9.59 Å². The van der Waals surface area contributed by atoms with Gasteiger partial charge in [0.15, 0.2) is 0 Å². The number of carbonyl (C=O) groups is 2. The summed E-state index contributed by atoms with van der Waals surface area (Å²) in [5.74, 6) is 0.0270. The second-order valence-corrected chi connectivity index (χ2v) is 6.62. The van der Waals surface area contributed by atoms with Crippen LogP contribution >= 0.6 is 15.9 Å². The molecule has 0 aliphatic rings. The monoisotopic (exact) mass is 425 g/mol. The molecule has 3 aromatic rings. The lowest BCUT2D eigenvalue weighted by Gasteiger charge is -2.11. The molecular weight excluding hydrogens is 410 g/mol. The number of primary amides is 1. The van der Waals surface area contributed by atoms with E-state index in [0.29, 0.717) is 17.0 Å². The molecule has 0 unspecified atom stereocenters. The van der Waals surface area contributed by atoms with Crippen molar-refractivity contribution in [2.45, 2.75) is 6.42 Å². The number of rotatable bonds is 6. The van der Waals surface area contributed by atoms with Crippen LogP contribution < -0.4 is 15.8 Å². The summed E-state index contributed by atoms with van der Waals surface area (Å²) >= 11 is 3.36. The van der Waals surface area contributed by atoms with Gasteiger partial charge in [-0.25, -0.2) is 4.98 Å². The van der Waals surface area contributed by atoms with Gasteiger partial charge in [0.2, 0.25) is 11.8 Å². The third-order valence-corrected chi connectivity index (χ3v) is 4.16. The van der Waals surface area contributed by atoms with E-state index in [1.807, 2.05) is 12.1 Å². The van der Waals surface area contributed by atoms with Crippen molar-refractivity contribution in [2.75, 3.05) is 5.32 Å². The summed E-state index contributed by atoms with van der Waals surface area (Å²) in [6, 6.07) is 17.4. The molecule has 136 valence electrons. The number of anilines is 1. The van der Waals surface area contributed by atoms with Crippen molar-refractivity contribution in [1.82, 2.24) is 4.98 Å². The molecule has 0 atom stereocenters. The summed E-state index contributed by atoms with van der Waals surface area (Å²) in [5, 5.41) is 2.79. The van der Waals surface area contributed by atoms with E-state index < -0.39 is 5.91 Å². The Bertz CT molecular complexity index is 957. The first-order valence-corrected chi connectivity index (χ1v) is 8.87. The van der Waals surface area contributed by atoms with Crippen molar-refractivity contribution in [1.29, 1.82) is 0 Å². The van der Waals surface area contributed by atoms with Crippen molar-refractivity contribution in [2.24, 2.45) is 5.73 Å². The first-order chi connectivity index (χ1) is 13.0. The molecule has 27 heavy (non-hydrogen) atoms. The fraction of sp³-hybridized carbons (Fsp3) is 0.0500. The number of halogens is 1. The molecule has 1 heterocycles. The molecule has 6 nitrogen and oxygen atoms in total. The molecular formula is C20H16BrN3O3. The van der Waals surface area contributed by atoms with Crippen molar-refractivity contribution >= 4 is 33.4 Å². The van der Waals surface area contributed by atoms with E-state index in [2.05, 4.69) is 26.2 Å². The standard InChI is InChI=1S/C20H16BrN3O3/c21-14-5-9-16(10-6-14)27-20-17(2-1-11-23-20)19(26)24-15-7-3-13(4-8-15)12-18(22)25/h1-11H,12H2,(H2,22,25)(H,24,26). The van der Waals surface area contributed by atoms with Crippen molar-refractivity contribution in [3.8, 4) is 11.6 Å². The van der Waals surface area contributed by atoms with Gasteiger partial charge in [0.25, 0.3) is 5.91 Å². The summed E-state index contributed by atoms with van der Waals surface area (Å²) in [4.78, 5) is 27.7. The lowest BCUT2D eigenvalue weighted by molar-refractivity contribution is -0.117. The van der Waals surface area contributed by atoms with Gasteiger partial charge < -0.3 is 15.8 Å². The normalized spacial score (nSPS) is 10.3. The third-order valence-electron chi connectivity index (χ3n) is 3.63. The number of pyridine rings is 1. The van der Waals surface area contributed by atoms with Crippen molar-refractivity contribution in [3.05, 3.63) is 82.5 Å². The zero-order chi connectivity index (χ0) is 19.2. The Kier molecular flexibility index (Phi) is 5.83. The quantitative estimate of drug-likeness (QED) is 0.625. The predicted molar refractivity (Wildman–Crippen MR) is 106 cm³/mol. The fourth-order valence-corrected chi connectivity index (χ4v) is 2.63. The van der Waals surface area contributed by atoms with Crippen LogP contribution in [0.5, 0.6) is 11.6 Å². The molecule has 3 rings (SSSR count). The maximum Gasteiger partial charge on any atom is 0.261 e. The number of ether oxygens (including phenoxy) is 1. The highest BCUT2D eigenvalue weighted by Gasteiger charge is 2.14. The summed E-state index contributed by atoms with van der Waals surface area (Å²) < 4.78 is 6.67. The molecule has 7 heteroatoms. The molecule has 1 aromatic heterocycles. The first kappa shape index (κ1) is 18.6. The number of hydrogen-bond acceptors (Lipinski definition) is 4. The maximum absolute atomic E-state index is 12.6. The van der Waals surface area contributed by atoms with Gasteiger partial charge in [-0.1, -0.05) is 28.1 Å². The molecule has 2 aromatic carbocycles. The van der Waals surface area contributed by atoms with Gasteiger partial charge in [-0.05, 0) is 54.1 Å². The molecule has 0 fully saturated rings. The summed E-state index contributed by atoms with van der Waals surface area (Å²) in [5.41, 5.74) is 6.85. The first-order valence-electron chi connectivity index (χ1n) is 8.08. The van der Waals surface area contributed by atoms with Crippen LogP contribution in [0.3, 0.4) is 0 Å². The molecule has 0 aliphatic carbocycles. The Balaban J connectivity index is 1.75. The fourth-order valence-electron chi connectivity index (χ4n) is 2.36. The molecule has 3 N–H and O–H groups in total. The maximum atomic E-state index is 12.6. The van der Waals surface area contributed by atoms with Gasteiger partial charge in [0, 0.05) is 16.4 Å². The third kappa shape index (κ3) is 5.15. The van der Waals surface area contributed by atoms with E-state index in [0.717, 1.165) is 10.0 Å². The highest BCUT2D eigenvalue weighted by molar-refractivity contribution is 9.10. The second-order valence-electron chi connectivity index (χ2n) is 5.71. The molecule has 0 saturated carbocycles. The minimum atomic E-state index is -0.406. The van der Waals surface area contributed by atoms with Gasteiger partial charge in [-0.2, -0.15) is 0 Å². The van der Waals surface area contributed by atoms with Crippen LogP contribution in [-0.2, 0) is 11.2 Å². The Morgan fingerprint density at radius 3 is 2.41 bits per heavy atom. The van der Waals surface area contributed by atoms with Crippen LogP contribution in [0.4, 0.5) is 5.69 Å². The number of amides is 2. The van der Waals surface area contributed by atoms with Gasteiger partial charge in [-0.15, -0.1) is 0 Å². The summed E-state index contributed by atoms with van der Waals surface area (Å²) in [6.07, 6.45) is 1.71. The zero-order valence-corrected chi connectivity index (χ0v) is 15.8. The Morgan fingerprint density at radius 2 is 1.74 bits per heavy atom. The van der Waals surface area contributed by atoms with Crippen LogP contribution in [0.1, 0.15) is 15.9 Å². The van der Waals surface area contributed by atoms with Crippen LogP contribution in [0.2, 0.25) is 0 Å². The molecule has 0 aliphatic heterocycles. The van der Waals surface area contributed by atoms with E-state index in [9.17, 15) is 9.59 Å². The van der Waals surface area contributed by atoms with E-state index in [-0.39, 0.29) is 18.2 Å². The Labute approximate surface area is 164 Å². The van der Waals surface area contributed by atoms with E-state index in [4.69, 9.17) is 10.5 Å². The van der Waals surface area contributed by atoms with Crippen LogP contribution in [0.25, 0.3) is 0 Å². The molecule has 0 radical (unpaired) electrons. The van der Waals surface area contributed by atoms with Crippen LogP contribution in [0, 0.1) is 0 Å². The minimum Gasteiger partial charge on any atom is -0.438 e. The SMILES string of the molecule is NC(=O)Cc1ccc(NC(=O)c2cccnc2Oc2ccc(Br)cc2)cc1. The smallest absolute Gasteiger partial charge is 0.261 e. The summed E-state index contributed by atoms with van der Waals surface area (Å²) in [7, 11) is 0. The lowest BCUT2D eigenvalue weighted by atomic mass is 10.1. The van der Waals surface area contributed by atoms with Gasteiger partial charge in [0.1, 0.15) is 11.3 Å². The predicted octanol–water partition coefficient (Wildman–Crippen LogP) is 3.92. The second kappa shape index (κ2) is 8.46. The number of nitrogens with zero attached hydrogens (tertiary/aromatic N) is 1. The number of nitrogens with two attached hydrogens (primary N) is 1. The van der Waals surface area contributed by atoms with E-state index in [1.165, 1.54) is 0 Å². The largest absolute Gasteiger partial charge is 0.438 e. The average Bonchev–Trinajstić information content (AvgIpc) is 2.65. The topological polar surface area (TPSA) is 94.3 Å². The molecule has 0 bridgehead atoms. The molecule has 0 saturated heterocycles. The highest BCUT2D eigenvalue weighted by Crippen LogP contribution is 2.25. The Morgan fingerprint density at radius 1 is 1.04 bits per heavy atom. The molecule has 2 amide bonds. The number of nitrogens with one attached hydrogen (secondary N) is 1. The zero-order valence-electron chi connectivity index (χ0n) is 14.2. The highest BCUT2D eigenvalue weighted by atomic mass is 79.9. The van der Waals surface area contributed by atoms with Gasteiger partial charge in [0.05, 0.1) is 6.42 Å². The lowest BCUT2D eigenvalue weighted by Crippen LogP contribution is -2.15. The van der Waals surface area contributed by atoms with Crippen molar-refractivity contribution in [3.63, 3.8) is 0 Å². The van der Waals surface area contributed by atoms with Crippen LogP contribution in [0.15, 0.2) is 71.3 Å². The summed E-state index contributed by atoms with van der Waals surface area (Å²) in [6.45, 7) is 0. The number of hydrogen-bond donors (Lipinski definition) is 2.